The lowest BCUT2D eigenvalue weighted by Crippen LogP contribution is -2.30. The van der Waals surface area contributed by atoms with Crippen LogP contribution in [0.15, 0.2) is 11.4 Å². The van der Waals surface area contributed by atoms with Crippen LogP contribution >= 0.6 is 23.1 Å². The summed E-state index contributed by atoms with van der Waals surface area (Å²) >= 11 is 3.26. The van der Waals surface area contributed by atoms with Crippen molar-refractivity contribution in [2.45, 2.75) is 56.2 Å². The predicted molar refractivity (Wildman–Crippen MR) is 90.6 cm³/mol. The predicted octanol–water partition coefficient (Wildman–Crippen LogP) is 4.00. The van der Waals surface area contributed by atoms with Crippen LogP contribution < -0.4 is 0 Å². The van der Waals surface area contributed by atoms with E-state index in [4.69, 9.17) is 4.74 Å². The van der Waals surface area contributed by atoms with Crippen LogP contribution in [-0.4, -0.2) is 27.3 Å². The Kier molecular flexibility index (Phi) is 4.41. The summed E-state index contributed by atoms with van der Waals surface area (Å²) in [5.41, 5.74) is 1.40. The van der Waals surface area contributed by atoms with Crippen LogP contribution in [-0.2, 0) is 22.4 Å². The fourth-order valence-corrected chi connectivity index (χ4v) is 5.07. The summed E-state index contributed by atoms with van der Waals surface area (Å²) in [6, 6.07) is 0. The van der Waals surface area contributed by atoms with Crippen LogP contribution in [0, 0.1) is 0 Å². The molecule has 4 nitrogen and oxygen atoms in total. The van der Waals surface area contributed by atoms with E-state index in [1.54, 1.807) is 17.7 Å². The van der Waals surface area contributed by atoms with Gasteiger partial charge in [0, 0.05) is 10.3 Å². The first-order chi connectivity index (χ1) is 10.5. The fourth-order valence-electron chi connectivity index (χ4n) is 2.73. The van der Waals surface area contributed by atoms with Gasteiger partial charge in [0.15, 0.2) is 0 Å². The summed E-state index contributed by atoms with van der Waals surface area (Å²) in [5.74, 6) is -0.198. The third-order valence-corrected chi connectivity index (χ3v) is 6.22. The van der Waals surface area contributed by atoms with Crippen molar-refractivity contribution in [1.82, 2.24) is 9.97 Å². The number of fused-ring (bicyclic) bond motifs is 3. The summed E-state index contributed by atoms with van der Waals surface area (Å²) in [7, 11) is 0. The van der Waals surface area contributed by atoms with Gasteiger partial charge >= 0.3 is 5.97 Å². The molecule has 0 saturated carbocycles. The van der Waals surface area contributed by atoms with E-state index in [1.165, 1.54) is 35.0 Å². The lowest BCUT2D eigenvalue weighted by atomic mass is 9.97. The number of carbonyl (C=O) groups is 1. The highest BCUT2D eigenvalue weighted by atomic mass is 32.2. The van der Waals surface area contributed by atoms with Crippen molar-refractivity contribution in [1.29, 1.82) is 0 Å². The highest BCUT2D eigenvalue weighted by molar-refractivity contribution is 8.01. The largest absolute Gasteiger partial charge is 0.465 e. The first-order valence-electron chi connectivity index (χ1n) is 7.64. The molecule has 0 saturated heterocycles. The second kappa shape index (κ2) is 6.16. The van der Waals surface area contributed by atoms with E-state index in [2.05, 4.69) is 9.97 Å². The highest BCUT2D eigenvalue weighted by Crippen LogP contribution is 2.42. The van der Waals surface area contributed by atoms with E-state index in [0.29, 0.717) is 6.61 Å². The van der Waals surface area contributed by atoms with Gasteiger partial charge in [-0.3, -0.25) is 4.79 Å². The van der Waals surface area contributed by atoms with Crippen LogP contribution in [0.4, 0.5) is 0 Å². The average Bonchev–Trinajstić information content (AvgIpc) is 2.86. The summed E-state index contributed by atoms with van der Waals surface area (Å²) in [6.45, 7) is 6.01. The standard InChI is InChI=1S/C16H20N2O2S2/c1-4-20-15(19)16(2,3)22-14-12-10-7-5-6-8-11(10)21-13(12)17-9-18-14/h9H,4-8H2,1-3H3. The van der Waals surface area contributed by atoms with E-state index in [-0.39, 0.29) is 5.97 Å². The normalized spacial score (nSPS) is 14.9. The first-order valence-corrected chi connectivity index (χ1v) is 9.27. The number of ether oxygens (including phenoxy) is 1. The Morgan fingerprint density at radius 1 is 1.36 bits per heavy atom. The van der Waals surface area contributed by atoms with Gasteiger partial charge in [0.1, 0.15) is 20.9 Å². The third-order valence-electron chi connectivity index (χ3n) is 3.84. The molecule has 118 valence electrons. The molecule has 3 rings (SSSR count). The van der Waals surface area contributed by atoms with Gasteiger partial charge in [0.2, 0.25) is 0 Å². The van der Waals surface area contributed by atoms with E-state index in [1.807, 2.05) is 20.8 Å². The maximum absolute atomic E-state index is 12.1. The van der Waals surface area contributed by atoms with Crippen molar-refractivity contribution in [2.24, 2.45) is 0 Å². The number of hydrogen-bond acceptors (Lipinski definition) is 6. The smallest absolute Gasteiger partial charge is 0.322 e. The molecule has 6 heteroatoms. The van der Waals surface area contributed by atoms with Gasteiger partial charge in [-0.15, -0.1) is 11.3 Å². The molecule has 2 heterocycles. The second-order valence-electron chi connectivity index (χ2n) is 5.90. The van der Waals surface area contributed by atoms with Crippen LogP contribution in [0.25, 0.3) is 10.2 Å². The molecule has 2 aromatic rings. The topological polar surface area (TPSA) is 52.1 Å². The van der Waals surface area contributed by atoms with Crippen LogP contribution in [0.2, 0.25) is 0 Å². The molecule has 0 bridgehead atoms. The molecular formula is C16H20N2O2S2. The van der Waals surface area contributed by atoms with Crippen molar-refractivity contribution in [3.05, 3.63) is 16.8 Å². The van der Waals surface area contributed by atoms with Crippen molar-refractivity contribution >= 4 is 39.3 Å². The van der Waals surface area contributed by atoms with Gasteiger partial charge in [-0.2, -0.15) is 0 Å². The molecule has 0 amide bonds. The number of rotatable bonds is 4. The number of carbonyl (C=O) groups excluding carboxylic acids is 1. The number of thioether (sulfide) groups is 1. The molecule has 0 N–H and O–H groups in total. The Hall–Kier alpha value is -1.14. The molecule has 0 spiro atoms. The molecule has 0 aliphatic heterocycles. The van der Waals surface area contributed by atoms with Crippen LogP contribution in [0.5, 0.6) is 0 Å². The number of nitrogens with zero attached hydrogens (tertiary/aromatic N) is 2. The summed E-state index contributed by atoms with van der Waals surface area (Å²) in [5, 5.41) is 2.06. The summed E-state index contributed by atoms with van der Waals surface area (Å²) in [4.78, 5) is 23.5. The SMILES string of the molecule is CCOC(=O)C(C)(C)Sc1ncnc2sc3c(c12)CCCC3. The Morgan fingerprint density at radius 2 is 2.14 bits per heavy atom. The van der Waals surface area contributed by atoms with Gasteiger partial charge in [-0.25, -0.2) is 9.97 Å². The molecule has 0 fully saturated rings. The molecule has 0 unspecified atom stereocenters. The minimum atomic E-state index is -0.652. The Bertz CT molecular complexity index is 709. The average molecular weight is 336 g/mol. The lowest BCUT2D eigenvalue weighted by Gasteiger charge is -2.21. The molecular weight excluding hydrogens is 316 g/mol. The quantitative estimate of drug-likeness (QED) is 0.480. The molecule has 1 aliphatic carbocycles. The molecule has 22 heavy (non-hydrogen) atoms. The Morgan fingerprint density at radius 3 is 2.91 bits per heavy atom. The number of thiophene rings is 1. The third kappa shape index (κ3) is 2.86. The number of hydrogen-bond donors (Lipinski definition) is 0. The van der Waals surface area contributed by atoms with Crippen molar-refractivity contribution in [3.63, 3.8) is 0 Å². The number of aryl methyl sites for hydroxylation is 2. The first kappa shape index (κ1) is 15.7. The second-order valence-corrected chi connectivity index (χ2v) is 8.60. The molecule has 0 atom stereocenters. The molecule has 0 aromatic carbocycles. The van der Waals surface area contributed by atoms with Gasteiger partial charge < -0.3 is 4.74 Å². The number of esters is 1. The Labute approximate surface area is 138 Å². The minimum Gasteiger partial charge on any atom is -0.465 e. The van der Waals surface area contributed by atoms with Gasteiger partial charge in [0.05, 0.1) is 6.61 Å². The Balaban J connectivity index is 2.00. The molecule has 2 aromatic heterocycles. The van der Waals surface area contributed by atoms with Crippen molar-refractivity contribution < 1.29 is 9.53 Å². The van der Waals surface area contributed by atoms with E-state index < -0.39 is 4.75 Å². The van der Waals surface area contributed by atoms with Crippen molar-refractivity contribution in [2.75, 3.05) is 6.61 Å². The minimum absolute atomic E-state index is 0.198. The maximum Gasteiger partial charge on any atom is 0.322 e. The van der Waals surface area contributed by atoms with Gasteiger partial charge in [-0.05, 0) is 52.0 Å². The monoisotopic (exact) mass is 336 g/mol. The maximum atomic E-state index is 12.1. The zero-order valence-corrected chi connectivity index (χ0v) is 14.8. The zero-order chi connectivity index (χ0) is 15.7. The number of aromatic nitrogens is 2. The lowest BCUT2D eigenvalue weighted by molar-refractivity contribution is -0.145. The van der Waals surface area contributed by atoms with E-state index >= 15 is 0 Å². The molecule has 1 aliphatic rings. The summed E-state index contributed by atoms with van der Waals surface area (Å²) in [6.07, 6.45) is 6.31. The highest BCUT2D eigenvalue weighted by Gasteiger charge is 2.33. The fraction of sp³-hybridized carbons (Fsp3) is 0.562. The van der Waals surface area contributed by atoms with E-state index in [9.17, 15) is 4.79 Å². The van der Waals surface area contributed by atoms with Crippen LogP contribution in [0.1, 0.15) is 44.1 Å². The van der Waals surface area contributed by atoms with Gasteiger partial charge in [-0.1, -0.05) is 11.8 Å². The summed E-state index contributed by atoms with van der Waals surface area (Å²) < 4.78 is 4.53. The zero-order valence-electron chi connectivity index (χ0n) is 13.1. The van der Waals surface area contributed by atoms with E-state index in [0.717, 1.165) is 28.1 Å². The van der Waals surface area contributed by atoms with Crippen molar-refractivity contribution in [3.8, 4) is 0 Å². The molecule has 0 radical (unpaired) electrons. The van der Waals surface area contributed by atoms with Gasteiger partial charge in [0.25, 0.3) is 0 Å². The van der Waals surface area contributed by atoms with Crippen LogP contribution in [0.3, 0.4) is 0 Å².